The zero-order valence-corrected chi connectivity index (χ0v) is 21.2. The molecule has 1 atom stereocenters. The number of aryl methyl sites for hydroxylation is 2. The van der Waals surface area contributed by atoms with Crippen molar-refractivity contribution < 1.29 is 14.3 Å². The molecule has 2 aromatic heterocycles. The molecule has 3 aromatic rings. The molecule has 0 N–H and O–H groups in total. The summed E-state index contributed by atoms with van der Waals surface area (Å²) in [7, 11) is 0. The molecule has 0 aliphatic carbocycles. The monoisotopic (exact) mass is 487 g/mol. The molecule has 0 saturated carbocycles. The number of carbonyl (C=O) groups excluding carboxylic acids is 1. The Morgan fingerprint density at radius 2 is 1.73 bits per heavy atom. The fourth-order valence-corrected chi connectivity index (χ4v) is 4.99. The maximum atomic E-state index is 12.4. The van der Waals surface area contributed by atoms with Crippen molar-refractivity contribution in [1.29, 1.82) is 0 Å². The number of rotatable bonds is 11. The van der Waals surface area contributed by atoms with Gasteiger partial charge in [0.05, 0.1) is 19.0 Å². The number of aromatic nitrogens is 5. The fourth-order valence-electron chi connectivity index (χ4n) is 3.14. The van der Waals surface area contributed by atoms with Gasteiger partial charge in [-0.2, -0.15) is 0 Å². The largest absolute Gasteiger partial charge is 0.494 e. The molecular weight excluding hydrogens is 458 g/mol. The zero-order chi connectivity index (χ0) is 23.8. The second-order valence-electron chi connectivity index (χ2n) is 7.15. The van der Waals surface area contributed by atoms with E-state index in [1.54, 1.807) is 0 Å². The van der Waals surface area contributed by atoms with Crippen molar-refractivity contribution >= 4 is 29.5 Å². The molecule has 0 spiro atoms. The van der Waals surface area contributed by atoms with E-state index in [4.69, 9.17) is 9.47 Å². The topological polar surface area (TPSA) is 92.0 Å². The maximum Gasteiger partial charge on any atom is 0.319 e. The first-order valence-corrected chi connectivity index (χ1v) is 12.8. The Labute approximate surface area is 202 Å². The Morgan fingerprint density at radius 1 is 1.03 bits per heavy atom. The van der Waals surface area contributed by atoms with Gasteiger partial charge in [0, 0.05) is 17.1 Å². The van der Waals surface area contributed by atoms with Crippen molar-refractivity contribution in [3.8, 4) is 11.4 Å². The lowest BCUT2D eigenvalue weighted by atomic mass is 10.3. The lowest BCUT2D eigenvalue weighted by Gasteiger charge is -2.15. The molecule has 176 valence electrons. The number of hydrogen-bond acceptors (Lipinski definition) is 9. The molecule has 0 bridgehead atoms. The molecule has 3 rings (SSSR count). The first kappa shape index (κ1) is 25.0. The van der Waals surface area contributed by atoms with Gasteiger partial charge in [0.25, 0.3) is 0 Å². The van der Waals surface area contributed by atoms with E-state index in [0.717, 1.165) is 28.6 Å². The SMILES string of the molecule is CCOC(=O)C(CC)Sc1nnc(CSc2nc(C)cc(C)n2)n1-c1ccc(OCC)cc1. The number of nitrogens with zero attached hydrogens (tertiary/aromatic N) is 5. The van der Waals surface area contributed by atoms with Gasteiger partial charge in [-0.15, -0.1) is 10.2 Å². The molecule has 0 fully saturated rings. The van der Waals surface area contributed by atoms with Crippen LogP contribution in [0, 0.1) is 13.8 Å². The predicted octanol–water partition coefficient (Wildman–Crippen LogP) is 4.80. The molecular formula is C23H29N5O3S2. The average molecular weight is 488 g/mol. The van der Waals surface area contributed by atoms with Crippen LogP contribution >= 0.6 is 23.5 Å². The predicted molar refractivity (Wildman–Crippen MR) is 130 cm³/mol. The standard InChI is InChI=1S/C23H29N5O3S2/c1-6-19(21(29)31-8-3)33-23-27-26-20(14-32-22-24-15(4)13-16(5)25-22)28(23)17-9-11-18(12-10-17)30-7-2/h9-13,19H,6-8,14H2,1-5H3. The highest BCUT2D eigenvalue weighted by Crippen LogP contribution is 2.31. The second-order valence-corrected chi connectivity index (χ2v) is 9.26. The normalized spacial score (nSPS) is 11.9. The van der Waals surface area contributed by atoms with E-state index in [0.29, 0.717) is 35.7 Å². The summed E-state index contributed by atoms with van der Waals surface area (Å²) in [5, 5.41) is 9.82. The minimum absolute atomic E-state index is 0.245. The number of esters is 1. The third-order valence-electron chi connectivity index (χ3n) is 4.57. The van der Waals surface area contributed by atoms with E-state index in [9.17, 15) is 4.79 Å². The summed E-state index contributed by atoms with van der Waals surface area (Å²) < 4.78 is 12.8. The van der Waals surface area contributed by atoms with E-state index in [1.807, 2.05) is 69.5 Å². The Morgan fingerprint density at radius 3 is 2.33 bits per heavy atom. The van der Waals surface area contributed by atoms with E-state index in [1.165, 1.54) is 23.5 Å². The quantitative estimate of drug-likeness (QED) is 0.215. The highest BCUT2D eigenvalue weighted by atomic mass is 32.2. The van der Waals surface area contributed by atoms with E-state index < -0.39 is 0 Å². The minimum Gasteiger partial charge on any atom is -0.494 e. The number of hydrogen-bond donors (Lipinski definition) is 0. The molecule has 1 unspecified atom stereocenters. The Balaban J connectivity index is 1.92. The van der Waals surface area contributed by atoms with Gasteiger partial charge in [-0.1, -0.05) is 30.4 Å². The second kappa shape index (κ2) is 12.0. The van der Waals surface area contributed by atoms with Crippen molar-refractivity contribution in [2.75, 3.05) is 13.2 Å². The van der Waals surface area contributed by atoms with Crippen LogP contribution in [0.15, 0.2) is 40.6 Å². The van der Waals surface area contributed by atoms with Gasteiger partial charge < -0.3 is 9.47 Å². The summed E-state index contributed by atoms with van der Waals surface area (Å²) >= 11 is 2.87. The molecule has 0 radical (unpaired) electrons. The third-order valence-corrected chi connectivity index (χ3v) is 6.70. The van der Waals surface area contributed by atoms with Gasteiger partial charge in [-0.25, -0.2) is 9.97 Å². The van der Waals surface area contributed by atoms with Gasteiger partial charge in [-0.05, 0) is 64.4 Å². The molecule has 10 heteroatoms. The van der Waals surface area contributed by atoms with Crippen molar-refractivity contribution in [3.63, 3.8) is 0 Å². The molecule has 2 heterocycles. The number of carbonyl (C=O) groups is 1. The van der Waals surface area contributed by atoms with Crippen LogP contribution in [0.3, 0.4) is 0 Å². The first-order chi connectivity index (χ1) is 15.9. The van der Waals surface area contributed by atoms with Gasteiger partial charge in [-0.3, -0.25) is 9.36 Å². The molecule has 33 heavy (non-hydrogen) atoms. The molecule has 8 nitrogen and oxygen atoms in total. The summed E-state index contributed by atoms with van der Waals surface area (Å²) in [4.78, 5) is 21.4. The van der Waals surface area contributed by atoms with Crippen molar-refractivity contribution in [1.82, 2.24) is 24.7 Å². The van der Waals surface area contributed by atoms with Crippen molar-refractivity contribution in [2.24, 2.45) is 0 Å². The zero-order valence-electron chi connectivity index (χ0n) is 19.6. The minimum atomic E-state index is -0.362. The van der Waals surface area contributed by atoms with Gasteiger partial charge in [0.1, 0.15) is 16.8 Å². The van der Waals surface area contributed by atoms with Crippen LogP contribution in [0.25, 0.3) is 5.69 Å². The number of benzene rings is 1. The number of thioether (sulfide) groups is 2. The Hall–Kier alpha value is -2.59. The molecule has 0 amide bonds. The summed E-state index contributed by atoms with van der Waals surface area (Å²) in [6, 6.07) is 9.71. The van der Waals surface area contributed by atoms with Crippen LogP contribution in [0.5, 0.6) is 5.75 Å². The van der Waals surface area contributed by atoms with Crippen LogP contribution in [-0.4, -0.2) is 49.2 Å². The lowest BCUT2D eigenvalue weighted by molar-refractivity contribution is -0.142. The molecule has 1 aromatic carbocycles. The summed E-state index contributed by atoms with van der Waals surface area (Å²) in [5.74, 6) is 1.82. The van der Waals surface area contributed by atoms with E-state index >= 15 is 0 Å². The lowest BCUT2D eigenvalue weighted by Crippen LogP contribution is -2.20. The van der Waals surface area contributed by atoms with Gasteiger partial charge in [0.15, 0.2) is 10.3 Å². The van der Waals surface area contributed by atoms with Crippen LogP contribution < -0.4 is 4.74 Å². The Kier molecular flexibility index (Phi) is 9.13. The van der Waals surface area contributed by atoms with Crippen LogP contribution in [0.1, 0.15) is 44.4 Å². The van der Waals surface area contributed by atoms with Gasteiger partial charge in [0.2, 0.25) is 0 Å². The molecule has 0 aliphatic rings. The number of ether oxygens (including phenoxy) is 2. The molecule has 0 saturated heterocycles. The van der Waals surface area contributed by atoms with Crippen LogP contribution in [-0.2, 0) is 15.3 Å². The van der Waals surface area contributed by atoms with Crippen molar-refractivity contribution in [2.45, 2.75) is 62.4 Å². The van der Waals surface area contributed by atoms with E-state index in [-0.39, 0.29) is 11.2 Å². The highest BCUT2D eigenvalue weighted by Gasteiger charge is 2.24. The van der Waals surface area contributed by atoms with E-state index in [2.05, 4.69) is 20.2 Å². The van der Waals surface area contributed by atoms with Gasteiger partial charge >= 0.3 is 5.97 Å². The van der Waals surface area contributed by atoms with Crippen molar-refractivity contribution in [3.05, 3.63) is 47.5 Å². The average Bonchev–Trinajstić information content (AvgIpc) is 3.18. The summed E-state index contributed by atoms with van der Waals surface area (Å²) in [6.07, 6.45) is 0.625. The Bertz CT molecular complexity index is 1050. The fraction of sp³-hybridized carbons (Fsp3) is 0.435. The summed E-state index contributed by atoms with van der Waals surface area (Å²) in [6.45, 7) is 10.6. The summed E-state index contributed by atoms with van der Waals surface area (Å²) in [5.41, 5.74) is 2.74. The maximum absolute atomic E-state index is 12.4. The van der Waals surface area contributed by atoms with Crippen LogP contribution in [0.4, 0.5) is 0 Å². The highest BCUT2D eigenvalue weighted by molar-refractivity contribution is 8.00. The first-order valence-electron chi connectivity index (χ1n) is 10.9. The third kappa shape index (κ3) is 6.70. The smallest absolute Gasteiger partial charge is 0.319 e. The molecule has 0 aliphatic heterocycles. The van der Waals surface area contributed by atoms with Crippen LogP contribution in [0.2, 0.25) is 0 Å².